The van der Waals surface area contributed by atoms with Crippen LogP contribution in [0.2, 0.25) is 5.02 Å². The van der Waals surface area contributed by atoms with Crippen LogP contribution in [0.15, 0.2) is 30.5 Å². The quantitative estimate of drug-likeness (QED) is 0.582. The molecule has 1 amide bonds. The fourth-order valence-corrected chi connectivity index (χ4v) is 3.95. The fourth-order valence-electron chi connectivity index (χ4n) is 3.78. The molecule has 1 aliphatic heterocycles. The molecule has 0 spiro atoms. The minimum Gasteiger partial charge on any atom is -0.494 e. The number of carbonyl (C=O) groups excluding carboxylic acids is 1. The van der Waals surface area contributed by atoms with Gasteiger partial charge < -0.3 is 9.30 Å². The number of pyridine rings is 1. The Morgan fingerprint density at radius 1 is 1.39 bits per heavy atom. The first-order chi connectivity index (χ1) is 14.9. The number of hydrogen-bond acceptors (Lipinski definition) is 5. The Balaban J connectivity index is 1.85. The second-order valence-corrected chi connectivity index (χ2v) is 7.78. The summed E-state index contributed by atoms with van der Waals surface area (Å²) in [6.45, 7) is 4.11. The first-order valence-corrected chi connectivity index (χ1v) is 10.0. The topological polar surface area (TPSA) is 84.0 Å². The molecule has 0 saturated heterocycles. The molecule has 2 aromatic heterocycles. The number of benzene rings is 1. The number of amides is 1. The summed E-state index contributed by atoms with van der Waals surface area (Å²) < 4.78 is 22.0. The number of nitrogens with zero attached hydrogens (tertiary/aromatic N) is 5. The van der Waals surface area contributed by atoms with Gasteiger partial charge in [0, 0.05) is 6.04 Å². The Labute approximate surface area is 183 Å². The van der Waals surface area contributed by atoms with Crippen LogP contribution in [0.4, 0.5) is 10.1 Å². The van der Waals surface area contributed by atoms with Gasteiger partial charge in [0.05, 0.1) is 60.0 Å². The molecular weight excluding hydrogens is 421 g/mol. The molecule has 0 atom stereocenters. The van der Waals surface area contributed by atoms with Crippen molar-refractivity contribution >= 4 is 23.2 Å². The number of ether oxygens (including phenoxy) is 1. The van der Waals surface area contributed by atoms with Crippen molar-refractivity contribution in [2.75, 3.05) is 12.0 Å². The number of methoxy groups -OCH3 is 1. The van der Waals surface area contributed by atoms with Gasteiger partial charge in [-0.25, -0.2) is 9.37 Å². The van der Waals surface area contributed by atoms with E-state index in [2.05, 4.69) is 16.0 Å². The van der Waals surface area contributed by atoms with Crippen molar-refractivity contribution in [2.45, 2.75) is 32.9 Å². The first kappa shape index (κ1) is 20.8. The molecule has 7 nitrogen and oxygen atoms in total. The van der Waals surface area contributed by atoms with E-state index in [1.165, 1.54) is 24.1 Å². The van der Waals surface area contributed by atoms with E-state index in [9.17, 15) is 9.18 Å². The molecule has 31 heavy (non-hydrogen) atoms. The molecule has 0 saturated carbocycles. The molecule has 0 aliphatic carbocycles. The van der Waals surface area contributed by atoms with Crippen LogP contribution < -0.4 is 9.64 Å². The molecule has 0 unspecified atom stereocenters. The molecule has 0 radical (unpaired) electrons. The lowest BCUT2D eigenvalue weighted by Gasteiger charge is -2.20. The van der Waals surface area contributed by atoms with Crippen molar-refractivity contribution in [1.82, 2.24) is 14.5 Å². The van der Waals surface area contributed by atoms with E-state index < -0.39 is 11.7 Å². The maximum absolute atomic E-state index is 14.6. The number of nitriles is 1. The highest BCUT2D eigenvalue weighted by atomic mass is 35.5. The Bertz CT molecular complexity index is 1230. The average Bonchev–Trinajstić information content (AvgIpc) is 3.27. The van der Waals surface area contributed by atoms with Crippen molar-refractivity contribution in [3.63, 3.8) is 0 Å². The second-order valence-electron chi connectivity index (χ2n) is 7.37. The largest absolute Gasteiger partial charge is 0.494 e. The predicted molar refractivity (Wildman–Crippen MR) is 114 cm³/mol. The lowest BCUT2D eigenvalue weighted by Crippen LogP contribution is -2.25. The highest BCUT2D eigenvalue weighted by Crippen LogP contribution is 2.38. The second kappa shape index (κ2) is 8.00. The average molecular weight is 440 g/mol. The summed E-state index contributed by atoms with van der Waals surface area (Å²) in [5.74, 6) is -0.0199. The van der Waals surface area contributed by atoms with Crippen molar-refractivity contribution in [3.8, 4) is 23.2 Å². The van der Waals surface area contributed by atoms with Crippen molar-refractivity contribution < 1.29 is 13.9 Å². The monoisotopic (exact) mass is 439 g/mol. The molecule has 4 rings (SSSR count). The van der Waals surface area contributed by atoms with Crippen LogP contribution in [-0.2, 0) is 13.0 Å². The van der Waals surface area contributed by atoms with Gasteiger partial charge in [0.25, 0.3) is 5.91 Å². The smallest absolute Gasteiger partial charge is 0.279 e. The molecule has 3 heterocycles. The molecular formula is C22H19ClFN5O2. The van der Waals surface area contributed by atoms with Gasteiger partial charge in [-0.1, -0.05) is 17.7 Å². The normalized spacial score (nSPS) is 12.9. The molecule has 1 aliphatic rings. The van der Waals surface area contributed by atoms with Gasteiger partial charge in [0.2, 0.25) is 0 Å². The van der Waals surface area contributed by atoms with Gasteiger partial charge in [0.1, 0.15) is 11.6 Å². The lowest BCUT2D eigenvalue weighted by atomic mass is 10.1. The molecule has 0 bridgehead atoms. The Morgan fingerprint density at radius 3 is 2.84 bits per heavy atom. The Morgan fingerprint density at radius 2 is 2.16 bits per heavy atom. The van der Waals surface area contributed by atoms with Crippen LogP contribution >= 0.6 is 11.6 Å². The van der Waals surface area contributed by atoms with E-state index >= 15 is 0 Å². The fraction of sp³-hybridized carbons (Fsp3) is 0.273. The molecule has 0 fully saturated rings. The van der Waals surface area contributed by atoms with Gasteiger partial charge in [-0.15, -0.1) is 0 Å². The third-order valence-electron chi connectivity index (χ3n) is 5.15. The van der Waals surface area contributed by atoms with Gasteiger partial charge in [-0.05, 0) is 32.0 Å². The van der Waals surface area contributed by atoms with Crippen LogP contribution in [0.5, 0.6) is 5.75 Å². The van der Waals surface area contributed by atoms with E-state index in [1.807, 2.05) is 18.4 Å². The van der Waals surface area contributed by atoms with Crippen molar-refractivity contribution in [2.24, 2.45) is 0 Å². The molecule has 158 valence electrons. The minimum absolute atomic E-state index is 0.0412. The zero-order chi connectivity index (χ0) is 22.3. The highest BCUT2D eigenvalue weighted by Gasteiger charge is 2.37. The third kappa shape index (κ3) is 3.41. The maximum Gasteiger partial charge on any atom is 0.279 e. The molecule has 0 N–H and O–H groups in total. The summed E-state index contributed by atoms with van der Waals surface area (Å²) in [6.07, 6.45) is 1.68. The SMILES string of the molecule is COc1cnc(CC#N)cc1-c1nc2c(n1C(C)C)CN(c1cccc(Cl)c1F)C2=O. The van der Waals surface area contributed by atoms with Gasteiger partial charge in [0.15, 0.2) is 11.5 Å². The zero-order valence-corrected chi connectivity index (χ0v) is 17.9. The third-order valence-corrected chi connectivity index (χ3v) is 5.44. The minimum atomic E-state index is -0.643. The number of rotatable bonds is 5. The Kier molecular flexibility index (Phi) is 5.38. The van der Waals surface area contributed by atoms with Crippen LogP contribution in [0.1, 0.15) is 41.8 Å². The highest BCUT2D eigenvalue weighted by molar-refractivity contribution is 6.31. The number of imidazole rings is 1. The van der Waals surface area contributed by atoms with E-state index in [1.54, 1.807) is 18.3 Å². The summed E-state index contributed by atoms with van der Waals surface area (Å²) in [7, 11) is 1.52. The van der Waals surface area contributed by atoms with Crippen LogP contribution in [0, 0.1) is 17.1 Å². The van der Waals surface area contributed by atoms with E-state index in [-0.39, 0.29) is 35.4 Å². The number of anilines is 1. The van der Waals surface area contributed by atoms with Crippen LogP contribution in [0.25, 0.3) is 11.4 Å². The van der Waals surface area contributed by atoms with E-state index in [0.29, 0.717) is 28.5 Å². The van der Waals surface area contributed by atoms with Crippen LogP contribution in [0.3, 0.4) is 0 Å². The van der Waals surface area contributed by atoms with Gasteiger partial charge in [-0.2, -0.15) is 5.26 Å². The molecule has 9 heteroatoms. The first-order valence-electron chi connectivity index (χ1n) is 9.64. The summed E-state index contributed by atoms with van der Waals surface area (Å²) in [5.41, 5.74) is 2.26. The van der Waals surface area contributed by atoms with Crippen molar-refractivity contribution in [1.29, 1.82) is 5.26 Å². The van der Waals surface area contributed by atoms with Crippen molar-refractivity contribution in [3.05, 3.63) is 58.4 Å². The summed E-state index contributed by atoms with van der Waals surface area (Å²) in [4.78, 5) is 23.4. The number of fused-ring (bicyclic) bond motifs is 1. The standard InChI is InChI=1S/C22H19ClFN5O2/c1-12(2)29-17-11-28(16-6-4-5-15(23)19(16)24)22(30)20(17)27-21(29)14-9-13(7-8-25)26-10-18(14)31-3/h4-6,9-10,12H,7,11H2,1-3H3. The van der Waals surface area contributed by atoms with E-state index in [0.717, 1.165) is 0 Å². The number of carbonyl (C=O) groups is 1. The lowest BCUT2D eigenvalue weighted by molar-refractivity contribution is 0.0992. The Hall–Kier alpha value is -3.44. The zero-order valence-electron chi connectivity index (χ0n) is 17.2. The number of halogens is 2. The van der Waals surface area contributed by atoms with E-state index in [4.69, 9.17) is 21.6 Å². The number of aromatic nitrogens is 3. The van der Waals surface area contributed by atoms with Gasteiger partial charge in [-0.3, -0.25) is 14.7 Å². The van der Waals surface area contributed by atoms with Gasteiger partial charge >= 0.3 is 0 Å². The maximum atomic E-state index is 14.6. The predicted octanol–water partition coefficient (Wildman–Crippen LogP) is 4.55. The summed E-state index contributed by atoms with van der Waals surface area (Å²) >= 11 is 5.91. The van der Waals surface area contributed by atoms with Crippen LogP contribution in [-0.4, -0.2) is 27.6 Å². The number of hydrogen-bond donors (Lipinski definition) is 0. The molecule has 3 aromatic rings. The molecule has 1 aromatic carbocycles. The summed E-state index contributed by atoms with van der Waals surface area (Å²) in [5, 5.41) is 8.98. The summed E-state index contributed by atoms with van der Waals surface area (Å²) in [6, 6.07) is 8.35.